The first-order valence-corrected chi connectivity index (χ1v) is 8.69. The summed E-state index contributed by atoms with van der Waals surface area (Å²) >= 11 is 0. The Morgan fingerprint density at radius 1 is 1.36 bits per heavy atom. The van der Waals surface area contributed by atoms with Gasteiger partial charge in [-0.15, -0.1) is 0 Å². The Morgan fingerprint density at radius 3 is 2.64 bits per heavy atom. The first-order chi connectivity index (χ1) is 12.0. The van der Waals surface area contributed by atoms with Crippen molar-refractivity contribution in [3.8, 4) is 11.8 Å². The summed E-state index contributed by atoms with van der Waals surface area (Å²) in [6, 6.07) is 9.82. The summed E-state index contributed by atoms with van der Waals surface area (Å²) in [5.41, 5.74) is 0.267. The maximum Gasteiger partial charge on any atom is 0.226 e. The number of carbonyl (C=O) groups is 2. The lowest BCUT2D eigenvalue weighted by atomic mass is 9.97. The Bertz CT molecular complexity index is 687. The van der Waals surface area contributed by atoms with Crippen LogP contribution in [-0.2, 0) is 16.1 Å². The molecule has 0 bridgehead atoms. The molecule has 6 nitrogen and oxygen atoms in total. The predicted molar refractivity (Wildman–Crippen MR) is 91.5 cm³/mol. The molecule has 1 aliphatic heterocycles. The molecule has 1 saturated heterocycles. The van der Waals surface area contributed by atoms with E-state index in [2.05, 4.69) is 11.4 Å². The lowest BCUT2D eigenvalue weighted by Gasteiger charge is -2.24. The van der Waals surface area contributed by atoms with Gasteiger partial charge in [-0.25, -0.2) is 0 Å². The maximum absolute atomic E-state index is 12.5. The molecule has 3 rings (SSSR count). The minimum absolute atomic E-state index is 0.0200. The number of nitrogens with zero attached hydrogens (tertiary/aromatic N) is 2. The summed E-state index contributed by atoms with van der Waals surface area (Å²) in [6.07, 6.45) is 3.53. The lowest BCUT2D eigenvalue weighted by molar-refractivity contribution is -0.129. The van der Waals surface area contributed by atoms with Crippen molar-refractivity contribution in [2.45, 2.75) is 44.2 Å². The van der Waals surface area contributed by atoms with Crippen molar-refractivity contribution in [2.75, 3.05) is 13.7 Å². The second-order valence-electron chi connectivity index (χ2n) is 6.91. The number of hydrogen-bond donors (Lipinski definition) is 1. The number of nitrogens with one attached hydrogen (secondary N) is 1. The molecule has 1 N–H and O–H groups in total. The van der Waals surface area contributed by atoms with Crippen molar-refractivity contribution in [1.82, 2.24) is 10.2 Å². The van der Waals surface area contributed by atoms with E-state index < -0.39 is 5.54 Å². The molecule has 2 fully saturated rings. The van der Waals surface area contributed by atoms with Crippen molar-refractivity contribution < 1.29 is 14.3 Å². The van der Waals surface area contributed by atoms with Crippen molar-refractivity contribution in [3.05, 3.63) is 29.8 Å². The molecule has 1 aliphatic carbocycles. The summed E-state index contributed by atoms with van der Waals surface area (Å²) < 4.78 is 5.13. The largest absolute Gasteiger partial charge is 0.497 e. The third kappa shape index (κ3) is 3.76. The third-order valence-electron chi connectivity index (χ3n) is 5.15. The number of amides is 2. The van der Waals surface area contributed by atoms with Gasteiger partial charge in [0.25, 0.3) is 0 Å². The molecule has 1 aromatic carbocycles. The highest BCUT2D eigenvalue weighted by molar-refractivity contribution is 5.89. The maximum atomic E-state index is 12.5. The average molecular weight is 341 g/mol. The number of ether oxygens (including phenoxy) is 1. The fourth-order valence-electron chi connectivity index (χ4n) is 3.63. The first-order valence-electron chi connectivity index (χ1n) is 8.69. The highest BCUT2D eigenvalue weighted by Gasteiger charge is 2.40. The van der Waals surface area contributed by atoms with Crippen molar-refractivity contribution >= 4 is 11.8 Å². The van der Waals surface area contributed by atoms with E-state index in [9.17, 15) is 14.9 Å². The summed E-state index contributed by atoms with van der Waals surface area (Å²) in [7, 11) is 1.61. The second-order valence-corrected chi connectivity index (χ2v) is 6.91. The smallest absolute Gasteiger partial charge is 0.226 e. The monoisotopic (exact) mass is 341 g/mol. The molecular weight excluding hydrogens is 318 g/mol. The fourth-order valence-corrected chi connectivity index (χ4v) is 3.63. The SMILES string of the molecule is COc1ccc(CN2C[C@H](C(=O)NC3(C#N)CCCC3)CC2=O)cc1. The van der Waals surface area contributed by atoms with Gasteiger partial charge >= 0.3 is 0 Å². The molecule has 2 amide bonds. The Balaban J connectivity index is 1.59. The zero-order valence-corrected chi connectivity index (χ0v) is 14.5. The summed E-state index contributed by atoms with van der Waals surface area (Å²) in [5, 5.41) is 12.3. The van der Waals surface area contributed by atoms with E-state index in [0.29, 0.717) is 25.9 Å². The van der Waals surface area contributed by atoms with Gasteiger partial charge < -0.3 is 15.0 Å². The minimum Gasteiger partial charge on any atom is -0.497 e. The number of hydrogen-bond acceptors (Lipinski definition) is 4. The molecule has 1 atom stereocenters. The van der Waals surface area contributed by atoms with Gasteiger partial charge in [0.05, 0.1) is 19.1 Å². The highest BCUT2D eigenvalue weighted by Crippen LogP contribution is 2.30. The van der Waals surface area contributed by atoms with E-state index in [1.165, 1.54) is 0 Å². The highest BCUT2D eigenvalue weighted by atomic mass is 16.5. The van der Waals surface area contributed by atoms with Crippen LogP contribution in [0, 0.1) is 17.2 Å². The lowest BCUT2D eigenvalue weighted by Crippen LogP contribution is -2.48. The standard InChI is InChI=1S/C19H23N3O3/c1-25-16-6-4-14(5-7-16)11-22-12-15(10-17(22)23)18(24)21-19(13-20)8-2-3-9-19/h4-7,15H,2-3,8-12H2,1H3,(H,21,24)/t15-/m1/s1. The molecule has 1 heterocycles. The molecule has 132 valence electrons. The van der Waals surface area contributed by atoms with Crippen LogP contribution >= 0.6 is 0 Å². The number of likely N-dealkylation sites (tertiary alicyclic amines) is 1. The van der Waals surface area contributed by atoms with Gasteiger partial charge in [0, 0.05) is 19.5 Å². The topological polar surface area (TPSA) is 82.4 Å². The van der Waals surface area contributed by atoms with Gasteiger partial charge in [-0.1, -0.05) is 12.1 Å². The quantitative estimate of drug-likeness (QED) is 0.888. The summed E-state index contributed by atoms with van der Waals surface area (Å²) in [4.78, 5) is 26.5. The zero-order valence-electron chi connectivity index (χ0n) is 14.5. The second kappa shape index (κ2) is 7.14. The molecule has 1 aromatic rings. The van der Waals surface area contributed by atoms with Crippen molar-refractivity contribution in [1.29, 1.82) is 5.26 Å². The zero-order chi connectivity index (χ0) is 17.9. The number of nitriles is 1. The Labute approximate surface area is 147 Å². The molecule has 0 unspecified atom stereocenters. The van der Waals surface area contributed by atoms with E-state index in [-0.39, 0.29) is 24.2 Å². The molecule has 1 saturated carbocycles. The number of carbonyl (C=O) groups excluding carboxylic acids is 2. The van der Waals surface area contributed by atoms with Crippen LogP contribution < -0.4 is 10.1 Å². The number of benzene rings is 1. The Morgan fingerprint density at radius 2 is 2.04 bits per heavy atom. The van der Waals surface area contributed by atoms with Gasteiger partial charge in [0.1, 0.15) is 11.3 Å². The van der Waals surface area contributed by atoms with Crippen molar-refractivity contribution in [3.63, 3.8) is 0 Å². The van der Waals surface area contributed by atoms with E-state index in [1.807, 2.05) is 24.3 Å². The van der Waals surface area contributed by atoms with Gasteiger partial charge in [-0.2, -0.15) is 5.26 Å². The summed E-state index contributed by atoms with van der Waals surface area (Å²) in [6.45, 7) is 0.883. The van der Waals surface area contributed by atoms with Crippen LogP contribution in [0.3, 0.4) is 0 Å². The van der Waals surface area contributed by atoms with E-state index in [0.717, 1.165) is 24.2 Å². The van der Waals surface area contributed by atoms with Crippen LogP contribution in [0.4, 0.5) is 0 Å². The minimum atomic E-state index is -0.733. The predicted octanol–water partition coefficient (Wildman–Crippen LogP) is 2.00. The van der Waals surface area contributed by atoms with Crippen molar-refractivity contribution in [2.24, 2.45) is 5.92 Å². The summed E-state index contributed by atoms with van der Waals surface area (Å²) in [5.74, 6) is 0.200. The molecular formula is C19H23N3O3. The Hall–Kier alpha value is -2.55. The van der Waals surface area contributed by atoms with E-state index >= 15 is 0 Å². The molecule has 2 aliphatic rings. The van der Waals surface area contributed by atoms with Crippen LogP contribution in [0.5, 0.6) is 5.75 Å². The fraction of sp³-hybridized carbons (Fsp3) is 0.526. The van der Waals surface area contributed by atoms with Gasteiger partial charge in [-0.3, -0.25) is 9.59 Å². The van der Waals surface area contributed by atoms with Gasteiger partial charge in [-0.05, 0) is 43.4 Å². The van der Waals surface area contributed by atoms with Gasteiger partial charge in [0.15, 0.2) is 0 Å². The molecule has 0 radical (unpaired) electrons. The van der Waals surface area contributed by atoms with Crippen LogP contribution in [0.15, 0.2) is 24.3 Å². The first kappa shape index (κ1) is 17.3. The normalized spacial score (nSPS) is 21.8. The van der Waals surface area contributed by atoms with Crippen LogP contribution in [-0.4, -0.2) is 35.9 Å². The average Bonchev–Trinajstić information content (AvgIpc) is 3.23. The van der Waals surface area contributed by atoms with Crippen LogP contribution in [0.25, 0.3) is 0 Å². The van der Waals surface area contributed by atoms with E-state index in [4.69, 9.17) is 4.74 Å². The third-order valence-corrected chi connectivity index (χ3v) is 5.15. The molecule has 0 aromatic heterocycles. The number of methoxy groups -OCH3 is 1. The van der Waals surface area contributed by atoms with Gasteiger partial charge in [0.2, 0.25) is 11.8 Å². The molecule has 6 heteroatoms. The number of rotatable bonds is 5. The van der Waals surface area contributed by atoms with Crippen LogP contribution in [0.1, 0.15) is 37.7 Å². The van der Waals surface area contributed by atoms with E-state index in [1.54, 1.807) is 12.0 Å². The van der Waals surface area contributed by atoms with Crippen LogP contribution in [0.2, 0.25) is 0 Å². The Kier molecular flexibility index (Phi) is 4.93. The molecule has 25 heavy (non-hydrogen) atoms. The molecule has 0 spiro atoms.